The summed E-state index contributed by atoms with van der Waals surface area (Å²) < 4.78 is 38.4. The zero-order valence-electron chi connectivity index (χ0n) is 14.3. The molecule has 0 amide bonds. The molecule has 0 bridgehead atoms. The first-order valence-corrected chi connectivity index (χ1v) is 8.10. The summed E-state index contributed by atoms with van der Waals surface area (Å²) in [4.78, 5) is 7.61. The molecule has 1 heterocycles. The van der Waals surface area contributed by atoms with Gasteiger partial charge in [-0.15, -0.1) is 0 Å². The van der Waals surface area contributed by atoms with Crippen molar-refractivity contribution in [2.75, 3.05) is 33.2 Å². The van der Waals surface area contributed by atoms with Crippen molar-refractivity contribution in [1.82, 2.24) is 15.1 Å². The van der Waals surface area contributed by atoms with E-state index >= 15 is 0 Å². The van der Waals surface area contributed by atoms with Gasteiger partial charge >= 0.3 is 6.18 Å². The fourth-order valence-electron chi connectivity index (χ4n) is 2.79. The number of piperazine rings is 1. The van der Waals surface area contributed by atoms with E-state index in [9.17, 15) is 13.2 Å². The summed E-state index contributed by atoms with van der Waals surface area (Å²) in [7, 11) is 1.65. The Bertz CT molecular complexity index is 642. The van der Waals surface area contributed by atoms with Crippen molar-refractivity contribution in [3.8, 4) is 6.07 Å². The Balaban J connectivity index is 1.89. The molecule has 0 radical (unpaired) electrons. The normalized spacial score (nSPS) is 17.9. The largest absolute Gasteiger partial charge is 0.403 e. The zero-order valence-corrected chi connectivity index (χ0v) is 14.3. The molecule has 1 fully saturated rings. The van der Waals surface area contributed by atoms with Gasteiger partial charge in [0, 0.05) is 39.8 Å². The van der Waals surface area contributed by atoms with E-state index in [1.807, 2.05) is 17.0 Å². The maximum atomic E-state index is 12.8. The number of guanidine groups is 1. The SMILES string of the molecule is CN=C(NCc1cccc(C#N)c1)N1CCN(C(C)C(F)(F)F)CC1. The summed E-state index contributed by atoms with van der Waals surface area (Å²) in [5.41, 5.74) is 1.54. The molecule has 8 heteroatoms. The van der Waals surface area contributed by atoms with E-state index in [0.29, 0.717) is 44.2 Å². The van der Waals surface area contributed by atoms with Crippen LogP contribution in [0.15, 0.2) is 29.3 Å². The van der Waals surface area contributed by atoms with Crippen LogP contribution in [0.25, 0.3) is 0 Å². The highest BCUT2D eigenvalue weighted by atomic mass is 19.4. The fraction of sp³-hybridized carbons (Fsp3) is 0.529. The van der Waals surface area contributed by atoms with Crippen molar-refractivity contribution in [3.63, 3.8) is 0 Å². The zero-order chi connectivity index (χ0) is 18.4. The number of halogens is 3. The quantitative estimate of drug-likeness (QED) is 0.669. The van der Waals surface area contributed by atoms with E-state index in [2.05, 4.69) is 16.4 Å². The molecular weight excluding hydrogens is 331 g/mol. The lowest BCUT2D eigenvalue weighted by atomic mass is 10.1. The van der Waals surface area contributed by atoms with E-state index in [1.165, 1.54) is 11.8 Å². The minimum absolute atomic E-state index is 0.339. The van der Waals surface area contributed by atoms with Gasteiger partial charge in [-0.05, 0) is 24.6 Å². The van der Waals surface area contributed by atoms with Crippen LogP contribution in [-0.4, -0.2) is 61.2 Å². The first-order chi connectivity index (χ1) is 11.8. The molecule has 0 aromatic heterocycles. The minimum Gasteiger partial charge on any atom is -0.352 e. The van der Waals surface area contributed by atoms with Gasteiger partial charge in [0.2, 0.25) is 0 Å². The molecule has 0 saturated carbocycles. The first-order valence-electron chi connectivity index (χ1n) is 8.10. The summed E-state index contributed by atoms with van der Waals surface area (Å²) in [6.45, 7) is 3.35. The number of rotatable bonds is 3. The Morgan fingerprint density at radius 2 is 2.00 bits per heavy atom. The molecule has 2 rings (SSSR count). The fourth-order valence-corrected chi connectivity index (χ4v) is 2.79. The molecular formula is C17H22F3N5. The highest BCUT2D eigenvalue weighted by Gasteiger charge is 2.41. The highest BCUT2D eigenvalue weighted by molar-refractivity contribution is 5.80. The van der Waals surface area contributed by atoms with E-state index in [0.717, 1.165) is 5.56 Å². The average Bonchev–Trinajstić information content (AvgIpc) is 2.61. The molecule has 1 saturated heterocycles. The van der Waals surface area contributed by atoms with Crippen LogP contribution < -0.4 is 5.32 Å². The Kier molecular flexibility index (Phi) is 6.26. The summed E-state index contributed by atoms with van der Waals surface area (Å²) in [5, 5.41) is 12.1. The molecule has 1 unspecified atom stereocenters. The monoisotopic (exact) mass is 353 g/mol. The Hall–Kier alpha value is -2.27. The molecule has 1 aromatic rings. The van der Waals surface area contributed by atoms with Crippen LogP contribution >= 0.6 is 0 Å². The molecule has 1 aliphatic heterocycles. The van der Waals surface area contributed by atoms with Crippen LogP contribution in [0.2, 0.25) is 0 Å². The third-order valence-corrected chi connectivity index (χ3v) is 4.35. The number of benzene rings is 1. The van der Waals surface area contributed by atoms with Gasteiger partial charge in [0.05, 0.1) is 11.6 Å². The second kappa shape index (κ2) is 8.21. The lowest BCUT2D eigenvalue weighted by Gasteiger charge is -2.39. The minimum atomic E-state index is -4.20. The second-order valence-electron chi connectivity index (χ2n) is 5.95. The topological polar surface area (TPSA) is 54.7 Å². The summed E-state index contributed by atoms with van der Waals surface area (Å²) in [5.74, 6) is 0.654. The Morgan fingerprint density at radius 3 is 2.56 bits per heavy atom. The van der Waals surface area contributed by atoms with Gasteiger partial charge in [0.25, 0.3) is 0 Å². The number of hydrogen-bond acceptors (Lipinski definition) is 3. The predicted molar refractivity (Wildman–Crippen MR) is 90.0 cm³/mol. The van der Waals surface area contributed by atoms with Crippen molar-refractivity contribution in [2.45, 2.75) is 25.7 Å². The molecule has 1 N–H and O–H groups in total. The van der Waals surface area contributed by atoms with E-state index in [1.54, 1.807) is 19.2 Å². The van der Waals surface area contributed by atoms with Crippen LogP contribution in [0, 0.1) is 11.3 Å². The smallest absolute Gasteiger partial charge is 0.352 e. The van der Waals surface area contributed by atoms with Gasteiger partial charge in [-0.2, -0.15) is 18.4 Å². The van der Waals surface area contributed by atoms with Crippen LogP contribution in [0.4, 0.5) is 13.2 Å². The Labute approximate surface area is 145 Å². The molecule has 1 aromatic carbocycles. The lowest BCUT2D eigenvalue weighted by molar-refractivity contribution is -0.181. The lowest BCUT2D eigenvalue weighted by Crippen LogP contribution is -2.56. The maximum Gasteiger partial charge on any atom is 0.403 e. The van der Waals surface area contributed by atoms with Gasteiger partial charge in [-0.3, -0.25) is 9.89 Å². The highest BCUT2D eigenvalue weighted by Crippen LogP contribution is 2.25. The second-order valence-corrected chi connectivity index (χ2v) is 5.95. The van der Waals surface area contributed by atoms with Crippen molar-refractivity contribution >= 4 is 5.96 Å². The molecule has 5 nitrogen and oxygen atoms in total. The van der Waals surface area contributed by atoms with Crippen molar-refractivity contribution in [1.29, 1.82) is 5.26 Å². The summed E-state index contributed by atoms with van der Waals surface area (Å²) in [6, 6.07) is 7.91. The Morgan fingerprint density at radius 1 is 1.32 bits per heavy atom. The maximum absolute atomic E-state index is 12.8. The first kappa shape index (κ1) is 19.1. The standard InChI is InChI=1S/C17H22F3N5/c1-13(17(18,19)20)24-6-8-25(9-7-24)16(22-2)23-12-15-5-3-4-14(10-15)11-21/h3-5,10,13H,6-9,12H2,1-2H3,(H,22,23). The number of nitrogens with one attached hydrogen (secondary N) is 1. The third kappa shape index (κ3) is 5.10. The molecule has 136 valence electrons. The van der Waals surface area contributed by atoms with Crippen molar-refractivity contribution < 1.29 is 13.2 Å². The molecule has 25 heavy (non-hydrogen) atoms. The summed E-state index contributed by atoms with van der Waals surface area (Å²) >= 11 is 0. The van der Waals surface area contributed by atoms with Crippen LogP contribution in [-0.2, 0) is 6.54 Å². The molecule has 1 aliphatic rings. The van der Waals surface area contributed by atoms with E-state index in [-0.39, 0.29) is 0 Å². The van der Waals surface area contributed by atoms with Gasteiger partial charge in [0.15, 0.2) is 5.96 Å². The van der Waals surface area contributed by atoms with Crippen LogP contribution in [0.3, 0.4) is 0 Å². The van der Waals surface area contributed by atoms with Gasteiger partial charge in [-0.25, -0.2) is 0 Å². The summed E-state index contributed by atoms with van der Waals surface area (Å²) in [6.07, 6.45) is -4.20. The van der Waals surface area contributed by atoms with Gasteiger partial charge in [0.1, 0.15) is 6.04 Å². The van der Waals surface area contributed by atoms with Crippen molar-refractivity contribution in [3.05, 3.63) is 35.4 Å². The van der Waals surface area contributed by atoms with E-state index in [4.69, 9.17) is 5.26 Å². The van der Waals surface area contributed by atoms with Gasteiger partial charge in [-0.1, -0.05) is 12.1 Å². The van der Waals surface area contributed by atoms with Crippen molar-refractivity contribution in [2.24, 2.45) is 4.99 Å². The number of hydrogen-bond donors (Lipinski definition) is 1. The van der Waals surface area contributed by atoms with E-state index < -0.39 is 12.2 Å². The predicted octanol–water partition coefficient (Wildman–Crippen LogP) is 2.20. The number of aliphatic imine (C=N–C) groups is 1. The van der Waals surface area contributed by atoms with Gasteiger partial charge < -0.3 is 10.2 Å². The van der Waals surface area contributed by atoms with Crippen LogP contribution in [0.5, 0.6) is 0 Å². The molecule has 1 atom stereocenters. The average molecular weight is 353 g/mol. The molecule has 0 aliphatic carbocycles. The number of nitriles is 1. The number of nitrogens with zero attached hydrogens (tertiary/aromatic N) is 4. The number of alkyl halides is 3. The molecule has 0 spiro atoms. The van der Waals surface area contributed by atoms with Crippen LogP contribution in [0.1, 0.15) is 18.1 Å². The third-order valence-electron chi connectivity index (χ3n) is 4.35.